The molecule has 120 valence electrons. The van der Waals surface area contributed by atoms with E-state index in [9.17, 15) is 0 Å². The van der Waals surface area contributed by atoms with Gasteiger partial charge in [0.05, 0.1) is 18.8 Å². The lowest BCUT2D eigenvalue weighted by Gasteiger charge is -2.35. The van der Waals surface area contributed by atoms with Gasteiger partial charge in [-0.15, -0.1) is 0 Å². The predicted molar refractivity (Wildman–Crippen MR) is 85.5 cm³/mol. The molecule has 0 unspecified atom stereocenters. The van der Waals surface area contributed by atoms with Crippen molar-refractivity contribution in [3.63, 3.8) is 0 Å². The van der Waals surface area contributed by atoms with Gasteiger partial charge >= 0.3 is 0 Å². The lowest BCUT2D eigenvalue weighted by Crippen LogP contribution is -2.40. The number of ether oxygens (including phenoxy) is 2. The summed E-state index contributed by atoms with van der Waals surface area (Å²) < 4.78 is 11.8. The summed E-state index contributed by atoms with van der Waals surface area (Å²) in [5.74, 6) is 0.892. The molecule has 0 aromatic rings. The van der Waals surface area contributed by atoms with Gasteiger partial charge in [0.1, 0.15) is 0 Å². The first kappa shape index (κ1) is 15.5. The molecule has 0 aromatic heterocycles. The Hall–Kier alpha value is -0.380. The second-order valence-corrected chi connectivity index (χ2v) is 6.97. The Balaban J connectivity index is 1.30. The molecule has 2 fully saturated rings. The van der Waals surface area contributed by atoms with Crippen molar-refractivity contribution in [1.29, 1.82) is 0 Å². The summed E-state index contributed by atoms with van der Waals surface area (Å²) >= 11 is 0. The van der Waals surface area contributed by atoms with Gasteiger partial charge in [-0.3, -0.25) is 0 Å². The number of rotatable bonds is 5. The standard InChI is InChI=1S/C18H31NO2/c1-2-6-16(7-3-1)14-19-11-9-17(10-12-19)21-15-18-8-4-5-13-20-18/h1-2,16-18H,3-15H2/t16-,18+/m0/s1. The summed E-state index contributed by atoms with van der Waals surface area (Å²) in [6, 6.07) is 0. The molecule has 1 aliphatic carbocycles. The molecule has 0 radical (unpaired) electrons. The van der Waals surface area contributed by atoms with Gasteiger partial charge in [0, 0.05) is 26.2 Å². The molecule has 3 rings (SSSR count). The minimum absolute atomic E-state index is 0.366. The van der Waals surface area contributed by atoms with Crippen LogP contribution in [0, 0.1) is 5.92 Å². The average Bonchev–Trinajstić information content (AvgIpc) is 2.56. The van der Waals surface area contributed by atoms with Gasteiger partial charge in [0.25, 0.3) is 0 Å². The zero-order chi connectivity index (χ0) is 14.3. The van der Waals surface area contributed by atoms with Gasteiger partial charge in [-0.25, -0.2) is 0 Å². The molecule has 2 heterocycles. The summed E-state index contributed by atoms with van der Waals surface area (Å²) in [4.78, 5) is 2.65. The first-order valence-corrected chi connectivity index (χ1v) is 9.01. The van der Waals surface area contributed by atoms with Crippen LogP contribution < -0.4 is 0 Å². The lowest BCUT2D eigenvalue weighted by atomic mass is 9.93. The summed E-state index contributed by atoms with van der Waals surface area (Å²) in [6.45, 7) is 5.48. The van der Waals surface area contributed by atoms with E-state index < -0.39 is 0 Å². The fraction of sp³-hybridized carbons (Fsp3) is 0.889. The Morgan fingerprint density at radius 2 is 1.95 bits per heavy atom. The topological polar surface area (TPSA) is 21.7 Å². The number of hydrogen-bond donors (Lipinski definition) is 0. The Morgan fingerprint density at radius 3 is 2.67 bits per heavy atom. The van der Waals surface area contributed by atoms with Crippen molar-refractivity contribution in [2.75, 3.05) is 32.8 Å². The number of hydrogen-bond acceptors (Lipinski definition) is 3. The maximum Gasteiger partial charge on any atom is 0.0808 e. The summed E-state index contributed by atoms with van der Waals surface area (Å²) in [5, 5.41) is 0. The summed E-state index contributed by atoms with van der Waals surface area (Å²) in [5.41, 5.74) is 0. The molecule has 0 N–H and O–H groups in total. The highest BCUT2D eigenvalue weighted by atomic mass is 16.5. The van der Waals surface area contributed by atoms with Gasteiger partial charge in [0.15, 0.2) is 0 Å². The minimum atomic E-state index is 0.366. The van der Waals surface area contributed by atoms with Crippen LogP contribution in [0.25, 0.3) is 0 Å². The van der Waals surface area contributed by atoms with E-state index in [4.69, 9.17) is 9.47 Å². The highest BCUT2D eigenvalue weighted by Crippen LogP contribution is 2.22. The maximum absolute atomic E-state index is 6.10. The van der Waals surface area contributed by atoms with Gasteiger partial charge in [0.2, 0.25) is 0 Å². The highest BCUT2D eigenvalue weighted by Gasteiger charge is 2.23. The van der Waals surface area contributed by atoms with E-state index in [-0.39, 0.29) is 0 Å². The molecular weight excluding hydrogens is 262 g/mol. The largest absolute Gasteiger partial charge is 0.376 e. The molecule has 21 heavy (non-hydrogen) atoms. The van der Waals surface area contributed by atoms with E-state index in [1.165, 1.54) is 71.0 Å². The van der Waals surface area contributed by atoms with Crippen molar-refractivity contribution in [1.82, 2.24) is 4.90 Å². The molecule has 3 heteroatoms. The van der Waals surface area contributed by atoms with E-state index in [1.54, 1.807) is 0 Å². The third-order valence-electron chi connectivity index (χ3n) is 5.22. The molecule has 2 aliphatic heterocycles. The lowest BCUT2D eigenvalue weighted by molar-refractivity contribution is -0.0755. The molecule has 0 bridgehead atoms. The molecule has 0 saturated carbocycles. The molecule has 0 aromatic carbocycles. The van der Waals surface area contributed by atoms with Crippen molar-refractivity contribution in [2.24, 2.45) is 5.92 Å². The molecule has 3 nitrogen and oxygen atoms in total. The number of piperidine rings is 1. The SMILES string of the molecule is C1=CC[C@H](CN2CCC(OC[C@H]3CCCCO3)CC2)CC1. The summed E-state index contributed by atoms with van der Waals surface area (Å²) in [6.07, 6.45) is 15.6. The van der Waals surface area contributed by atoms with Crippen molar-refractivity contribution in [2.45, 2.75) is 63.6 Å². The van der Waals surface area contributed by atoms with Gasteiger partial charge in [-0.1, -0.05) is 12.2 Å². The van der Waals surface area contributed by atoms with E-state index in [0.717, 1.165) is 19.1 Å². The fourth-order valence-electron chi connectivity index (χ4n) is 3.83. The van der Waals surface area contributed by atoms with Crippen LogP contribution in [0.3, 0.4) is 0 Å². The molecule has 0 amide bonds. The van der Waals surface area contributed by atoms with Gasteiger partial charge < -0.3 is 14.4 Å². The third kappa shape index (κ3) is 5.08. The first-order chi connectivity index (χ1) is 10.4. The fourth-order valence-corrected chi connectivity index (χ4v) is 3.83. The van der Waals surface area contributed by atoms with Gasteiger partial charge in [-0.2, -0.15) is 0 Å². The van der Waals surface area contributed by atoms with Crippen LogP contribution in [0.15, 0.2) is 12.2 Å². The zero-order valence-corrected chi connectivity index (χ0v) is 13.3. The number of likely N-dealkylation sites (tertiary alicyclic amines) is 1. The van der Waals surface area contributed by atoms with Crippen LogP contribution in [0.1, 0.15) is 51.4 Å². The van der Waals surface area contributed by atoms with Crippen LogP contribution in [0.5, 0.6) is 0 Å². The molecule has 0 spiro atoms. The molecule has 2 saturated heterocycles. The quantitative estimate of drug-likeness (QED) is 0.725. The van der Waals surface area contributed by atoms with E-state index in [2.05, 4.69) is 17.1 Å². The number of nitrogens with zero attached hydrogens (tertiary/aromatic N) is 1. The number of allylic oxidation sites excluding steroid dienone is 2. The first-order valence-electron chi connectivity index (χ1n) is 9.01. The Bertz CT molecular complexity index is 317. The minimum Gasteiger partial charge on any atom is -0.376 e. The third-order valence-corrected chi connectivity index (χ3v) is 5.22. The molecular formula is C18H31NO2. The van der Waals surface area contributed by atoms with Crippen LogP contribution >= 0.6 is 0 Å². The average molecular weight is 293 g/mol. The Labute approximate surface area is 129 Å². The molecule has 2 atom stereocenters. The second-order valence-electron chi connectivity index (χ2n) is 6.97. The van der Waals surface area contributed by atoms with Crippen molar-refractivity contribution >= 4 is 0 Å². The van der Waals surface area contributed by atoms with Crippen molar-refractivity contribution in [3.8, 4) is 0 Å². The van der Waals surface area contributed by atoms with Crippen LogP contribution in [0.4, 0.5) is 0 Å². The van der Waals surface area contributed by atoms with Crippen LogP contribution in [-0.4, -0.2) is 50.0 Å². The van der Waals surface area contributed by atoms with Crippen molar-refractivity contribution in [3.05, 3.63) is 12.2 Å². The Morgan fingerprint density at radius 1 is 1.05 bits per heavy atom. The maximum atomic E-state index is 6.10. The van der Waals surface area contributed by atoms with Gasteiger partial charge in [-0.05, 0) is 57.3 Å². The van der Waals surface area contributed by atoms with E-state index >= 15 is 0 Å². The monoisotopic (exact) mass is 293 g/mol. The van der Waals surface area contributed by atoms with Crippen LogP contribution in [0.2, 0.25) is 0 Å². The Kier molecular flexibility index (Phi) is 6.13. The van der Waals surface area contributed by atoms with Crippen LogP contribution in [-0.2, 0) is 9.47 Å². The zero-order valence-electron chi connectivity index (χ0n) is 13.3. The smallest absolute Gasteiger partial charge is 0.0808 e. The van der Waals surface area contributed by atoms with Crippen molar-refractivity contribution < 1.29 is 9.47 Å². The summed E-state index contributed by atoms with van der Waals surface area (Å²) in [7, 11) is 0. The normalized spacial score (nSPS) is 32.4. The second kappa shape index (κ2) is 8.30. The van der Waals surface area contributed by atoms with E-state index in [1.807, 2.05) is 0 Å². The predicted octanol–water partition coefficient (Wildman–Crippen LogP) is 3.39. The van der Waals surface area contributed by atoms with E-state index in [0.29, 0.717) is 12.2 Å². The molecule has 3 aliphatic rings. The highest BCUT2D eigenvalue weighted by molar-refractivity contribution is 4.91.